The highest BCUT2D eigenvalue weighted by atomic mass is 19.4. The number of halogens is 3. The number of aryl methyl sites for hydroxylation is 1. The van der Waals surface area contributed by atoms with Crippen molar-refractivity contribution in [2.24, 2.45) is 0 Å². The van der Waals surface area contributed by atoms with Gasteiger partial charge in [0.25, 0.3) is 5.91 Å². The standard InChI is InChI=1S/C12H12F3N5O/c1-2-20-10(8(16)6-18-20)11(21)19-7-3-4-9(17-5-7)12(13,14)15/h3-6H,2,16H2,1H3,(H,19,21). The van der Waals surface area contributed by atoms with Crippen LogP contribution in [0.2, 0.25) is 0 Å². The lowest BCUT2D eigenvalue weighted by molar-refractivity contribution is -0.141. The van der Waals surface area contributed by atoms with Gasteiger partial charge in [0.2, 0.25) is 0 Å². The van der Waals surface area contributed by atoms with E-state index in [-0.39, 0.29) is 17.1 Å². The monoisotopic (exact) mass is 299 g/mol. The zero-order chi connectivity index (χ0) is 15.6. The molecule has 0 bridgehead atoms. The van der Waals surface area contributed by atoms with Crippen LogP contribution in [0.1, 0.15) is 23.1 Å². The van der Waals surface area contributed by atoms with Crippen LogP contribution in [0.15, 0.2) is 24.5 Å². The zero-order valence-electron chi connectivity index (χ0n) is 11.0. The number of nitrogens with one attached hydrogen (secondary N) is 1. The van der Waals surface area contributed by atoms with Gasteiger partial charge in [0.05, 0.1) is 23.8 Å². The van der Waals surface area contributed by atoms with Gasteiger partial charge in [0.15, 0.2) is 0 Å². The number of rotatable bonds is 3. The van der Waals surface area contributed by atoms with E-state index in [1.54, 1.807) is 6.92 Å². The fourth-order valence-corrected chi connectivity index (χ4v) is 1.71. The molecule has 21 heavy (non-hydrogen) atoms. The number of aromatic nitrogens is 3. The van der Waals surface area contributed by atoms with E-state index in [1.165, 1.54) is 10.9 Å². The first-order valence-electron chi connectivity index (χ1n) is 5.98. The Morgan fingerprint density at radius 1 is 1.38 bits per heavy atom. The topological polar surface area (TPSA) is 85.8 Å². The van der Waals surface area contributed by atoms with Crippen LogP contribution < -0.4 is 11.1 Å². The molecule has 9 heteroatoms. The molecule has 0 aliphatic heterocycles. The van der Waals surface area contributed by atoms with Gasteiger partial charge in [-0.05, 0) is 19.1 Å². The number of nitrogens with two attached hydrogens (primary N) is 1. The van der Waals surface area contributed by atoms with Gasteiger partial charge in [0, 0.05) is 6.54 Å². The molecule has 0 aromatic carbocycles. The summed E-state index contributed by atoms with van der Waals surface area (Å²) in [6.45, 7) is 2.22. The third kappa shape index (κ3) is 3.12. The molecule has 0 unspecified atom stereocenters. The smallest absolute Gasteiger partial charge is 0.396 e. The van der Waals surface area contributed by atoms with Crippen molar-refractivity contribution in [3.8, 4) is 0 Å². The minimum absolute atomic E-state index is 0.135. The Morgan fingerprint density at radius 3 is 2.62 bits per heavy atom. The van der Waals surface area contributed by atoms with Gasteiger partial charge in [-0.2, -0.15) is 18.3 Å². The summed E-state index contributed by atoms with van der Waals surface area (Å²) in [6, 6.07) is 1.91. The maximum absolute atomic E-state index is 12.4. The van der Waals surface area contributed by atoms with Gasteiger partial charge in [0.1, 0.15) is 11.4 Å². The molecular formula is C12H12F3N5O. The maximum atomic E-state index is 12.4. The molecule has 1 amide bonds. The van der Waals surface area contributed by atoms with Crippen LogP contribution in [0.25, 0.3) is 0 Å². The predicted octanol–water partition coefficient (Wildman–Crippen LogP) is 2.15. The fraction of sp³-hybridized carbons (Fsp3) is 0.250. The number of nitrogens with zero attached hydrogens (tertiary/aromatic N) is 3. The van der Waals surface area contributed by atoms with Crippen LogP contribution >= 0.6 is 0 Å². The molecule has 2 heterocycles. The second-order valence-electron chi connectivity index (χ2n) is 4.15. The van der Waals surface area contributed by atoms with Crippen LogP contribution in [-0.4, -0.2) is 20.7 Å². The minimum atomic E-state index is -4.52. The van der Waals surface area contributed by atoms with Crippen LogP contribution in [0.4, 0.5) is 24.5 Å². The summed E-state index contributed by atoms with van der Waals surface area (Å²) in [5, 5.41) is 6.34. The van der Waals surface area contributed by atoms with Crippen molar-refractivity contribution >= 4 is 17.3 Å². The van der Waals surface area contributed by atoms with Gasteiger partial charge in [-0.3, -0.25) is 9.48 Å². The molecule has 0 atom stereocenters. The number of hydrogen-bond donors (Lipinski definition) is 2. The van der Waals surface area contributed by atoms with Gasteiger partial charge in [-0.25, -0.2) is 4.98 Å². The molecule has 2 aromatic rings. The summed E-state index contributed by atoms with van der Waals surface area (Å²) in [5.74, 6) is -0.562. The van der Waals surface area contributed by atoms with E-state index in [2.05, 4.69) is 15.4 Å². The highest BCUT2D eigenvalue weighted by molar-refractivity contribution is 6.06. The van der Waals surface area contributed by atoms with E-state index in [0.717, 1.165) is 18.3 Å². The van der Waals surface area contributed by atoms with Crippen molar-refractivity contribution in [2.75, 3.05) is 11.1 Å². The number of carbonyl (C=O) groups is 1. The van der Waals surface area contributed by atoms with Gasteiger partial charge in [-0.15, -0.1) is 0 Å². The number of nitrogen functional groups attached to an aromatic ring is 1. The van der Waals surface area contributed by atoms with Crippen LogP contribution in [0.5, 0.6) is 0 Å². The highest BCUT2D eigenvalue weighted by Gasteiger charge is 2.32. The Kier molecular flexibility index (Phi) is 3.83. The SMILES string of the molecule is CCn1ncc(N)c1C(=O)Nc1ccc(C(F)(F)F)nc1. The van der Waals surface area contributed by atoms with Gasteiger partial charge < -0.3 is 11.1 Å². The molecule has 0 spiro atoms. The molecular weight excluding hydrogens is 287 g/mol. The summed E-state index contributed by atoms with van der Waals surface area (Å²) in [4.78, 5) is 15.3. The number of hydrogen-bond acceptors (Lipinski definition) is 4. The van der Waals surface area contributed by atoms with Crippen molar-refractivity contribution in [1.29, 1.82) is 0 Å². The average molecular weight is 299 g/mol. The second kappa shape index (κ2) is 5.43. The fourth-order valence-electron chi connectivity index (χ4n) is 1.71. The van der Waals surface area contributed by atoms with Crippen molar-refractivity contribution < 1.29 is 18.0 Å². The summed E-state index contributed by atoms with van der Waals surface area (Å²) >= 11 is 0. The maximum Gasteiger partial charge on any atom is 0.433 e. The first-order valence-corrected chi connectivity index (χ1v) is 5.98. The van der Waals surface area contributed by atoms with E-state index in [9.17, 15) is 18.0 Å². The lowest BCUT2D eigenvalue weighted by atomic mass is 10.3. The Morgan fingerprint density at radius 2 is 2.10 bits per heavy atom. The Labute approximate surface area is 117 Å². The minimum Gasteiger partial charge on any atom is -0.396 e. The third-order valence-electron chi connectivity index (χ3n) is 2.69. The summed E-state index contributed by atoms with van der Waals surface area (Å²) in [7, 11) is 0. The summed E-state index contributed by atoms with van der Waals surface area (Å²) in [6.07, 6.45) is -2.25. The number of anilines is 2. The number of pyridine rings is 1. The van der Waals surface area contributed by atoms with E-state index in [0.29, 0.717) is 6.54 Å². The largest absolute Gasteiger partial charge is 0.433 e. The third-order valence-corrected chi connectivity index (χ3v) is 2.69. The number of amides is 1. The molecule has 3 N–H and O–H groups in total. The van der Waals surface area contributed by atoms with Crippen molar-refractivity contribution in [1.82, 2.24) is 14.8 Å². The molecule has 112 valence electrons. The first kappa shape index (κ1) is 14.8. The van der Waals surface area contributed by atoms with Crippen LogP contribution in [0, 0.1) is 0 Å². The Hall–Kier alpha value is -2.58. The molecule has 0 aliphatic carbocycles. The zero-order valence-corrected chi connectivity index (χ0v) is 11.0. The Balaban J connectivity index is 2.18. The van der Waals surface area contributed by atoms with Crippen molar-refractivity contribution in [3.05, 3.63) is 35.9 Å². The van der Waals surface area contributed by atoms with E-state index in [4.69, 9.17) is 5.73 Å². The predicted molar refractivity (Wildman–Crippen MR) is 69.5 cm³/mol. The quantitative estimate of drug-likeness (QED) is 0.909. The molecule has 0 aliphatic rings. The van der Waals surface area contributed by atoms with Gasteiger partial charge >= 0.3 is 6.18 Å². The number of alkyl halides is 3. The molecule has 2 rings (SSSR count). The molecule has 2 aromatic heterocycles. The lowest BCUT2D eigenvalue weighted by Gasteiger charge is -2.09. The summed E-state index contributed by atoms with van der Waals surface area (Å²) < 4.78 is 38.5. The average Bonchev–Trinajstić information content (AvgIpc) is 2.79. The molecule has 0 saturated carbocycles. The van der Waals surface area contributed by atoms with Gasteiger partial charge in [-0.1, -0.05) is 0 Å². The van der Waals surface area contributed by atoms with Crippen molar-refractivity contribution in [3.63, 3.8) is 0 Å². The normalized spacial score (nSPS) is 11.4. The molecule has 0 radical (unpaired) electrons. The van der Waals surface area contributed by atoms with Crippen molar-refractivity contribution in [2.45, 2.75) is 19.6 Å². The van der Waals surface area contributed by atoms with Crippen LogP contribution in [0.3, 0.4) is 0 Å². The number of carbonyl (C=O) groups excluding carboxylic acids is 1. The van der Waals surface area contributed by atoms with E-state index in [1.807, 2.05) is 0 Å². The van der Waals surface area contributed by atoms with E-state index < -0.39 is 17.8 Å². The highest BCUT2D eigenvalue weighted by Crippen LogP contribution is 2.27. The first-order chi connectivity index (χ1) is 9.82. The summed E-state index contributed by atoms with van der Waals surface area (Å²) in [5.41, 5.74) is 5.09. The molecule has 6 nitrogen and oxygen atoms in total. The van der Waals surface area contributed by atoms with E-state index >= 15 is 0 Å². The molecule has 0 fully saturated rings. The lowest BCUT2D eigenvalue weighted by Crippen LogP contribution is -2.19. The molecule has 0 saturated heterocycles. The van der Waals surface area contributed by atoms with Crippen LogP contribution in [-0.2, 0) is 12.7 Å². The Bertz CT molecular complexity index is 648. The second-order valence-corrected chi connectivity index (χ2v) is 4.15.